The summed E-state index contributed by atoms with van der Waals surface area (Å²) in [5.74, 6) is 0.107. The summed E-state index contributed by atoms with van der Waals surface area (Å²) >= 11 is 0. The van der Waals surface area contributed by atoms with Crippen molar-refractivity contribution in [3.05, 3.63) is 59.9 Å². The highest BCUT2D eigenvalue weighted by atomic mass is 19.1. The summed E-state index contributed by atoms with van der Waals surface area (Å²) < 4.78 is 30.8. The van der Waals surface area contributed by atoms with Crippen LogP contribution < -0.4 is 4.90 Å². The summed E-state index contributed by atoms with van der Waals surface area (Å²) in [6, 6.07) is 3.87. The molecule has 1 N–H and O–H groups in total. The van der Waals surface area contributed by atoms with E-state index in [2.05, 4.69) is 42.6 Å². The second-order valence-corrected chi connectivity index (χ2v) is 7.83. The number of hydrogen-bond acceptors (Lipinski definition) is 3. The van der Waals surface area contributed by atoms with E-state index in [1.807, 2.05) is 15.8 Å². The van der Waals surface area contributed by atoms with Gasteiger partial charge >= 0.3 is 0 Å². The van der Waals surface area contributed by atoms with E-state index >= 15 is 0 Å². The van der Waals surface area contributed by atoms with Gasteiger partial charge in [-0.25, -0.2) is 13.5 Å². The molecule has 152 valence electrons. The monoisotopic (exact) mass is 397 g/mol. The second-order valence-electron chi connectivity index (χ2n) is 7.83. The van der Waals surface area contributed by atoms with Crippen LogP contribution >= 0.6 is 0 Å². The fourth-order valence-corrected chi connectivity index (χ4v) is 3.98. The van der Waals surface area contributed by atoms with E-state index in [-0.39, 0.29) is 11.5 Å². The van der Waals surface area contributed by atoms with Gasteiger partial charge in [-0.05, 0) is 30.4 Å². The van der Waals surface area contributed by atoms with Crippen molar-refractivity contribution in [2.45, 2.75) is 39.7 Å². The molecule has 1 aromatic carbocycles. The van der Waals surface area contributed by atoms with Gasteiger partial charge in [0.15, 0.2) is 0 Å². The van der Waals surface area contributed by atoms with E-state index in [1.165, 1.54) is 18.2 Å². The lowest BCUT2D eigenvalue weighted by molar-refractivity contribution is 0.424. The number of fused-ring (bicyclic) bond motifs is 1. The van der Waals surface area contributed by atoms with Crippen LogP contribution in [0.5, 0.6) is 0 Å². The van der Waals surface area contributed by atoms with Crippen LogP contribution in [0.2, 0.25) is 0 Å². The lowest BCUT2D eigenvalue weighted by atomic mass is 9.96. The van der Waals surface area contributed by atoms with Crippen molar-refractivity contribution in [1.82, 2.24) is 20.0 Å². The molecular formula is C22H25F2N5. The summed E-state index contributed by atoms with van der Waals surface area (Å²) in [7, 11) is 0. The Bertz CT molecular complexity index is 1030. The third-order valence-corrected chi connectivity index (χ3v) is 5.70. The van der Waals surface area contributed by atoms with Gasteiger partial charge in [-0.1, -0.05) is 33.4 Å². The zero-order valence-corrected chi connectivity index (χ0v) is 16.9. The largest absolute Gasteiger partial charge is 0.325 e. The number of hydrogen-bond donors (Lipinski definition) is 1. The Hall–Kier alpha value is -2.96. The smallest absolute Gasteiger partial charge is 0.140 e. The van der Waals surface area contributed by atoms with Gasteiger partial charge in [-0.2, -0.15) is 10.2 Å². The topological polar surface area (TPSA) is 49.7 Å². The molecule has 0 amide bonds. The molecule has 29 heavy (non-hydrogen) atoms. The number of rotatable bonds is 5. The van der Waals surface area contributed by atoms with Gasteiger partial charge in [0.25, 0.3) is 0 Å². The molecule has 2 unspecified atom stereocenters. The number of aromatic nitrogens is 4. The van der Waals surface area contributed by atoms with Crippen molar-refractivity contribution < 1.29 is 8.78 Å². The molecule has 2 aromatic heterocycles. The van der Waals surface area contributed by atoms with Crippen molar-refractivity contribution >= 4 is 11.5 Å². The summed E-state index contributed by atoms with van der Waals surface area (Å²) in [6.07, 6.45) is 4.61. The molecule has 1 aliphatic heterocycles. The quantitative estimate of drug-likeness (QED) is 0.644. The molecule has 4 rings (SSSR count). The van der Waals surface area contributed by atoms with Gasteiger partial charge in [0.2, 0.25) is 0 Å². The molecule has 0 bridgehead atoms. The number of nitrogens with one attached hydrogen (secondary N) is 1. The molecular weight excluding hydrogens is 372 g/mol. The molecule has 0 fully saturated rings. The number of aromatic amines is 1. The van der Waals surface area contributed by atoms with E-state index in [1.54, 1.807) is 6.20 Å². The Morgan fingerprint density at radius 3 is 2.69 bits per heavy atom. The van der Waals surface area contributed by atoms with Gasteiger partial charge in [0, 0.05) is 24.4 Å². The van der Waals surface area contributed by atoms with Crippen molar-refractivity contribution in [3.8, 4) is 11.3 Å². The number of benzene rings is 1. The first-order valence-corrected chi connectivity index (χ1v) is 9.92. The van der Waals surface area contributed by atoms with E-state index in [0.717, 1.165) is 35.6 Å². The first-order chi connectivity index (χ1) is 13.9. The van der Waals surface area contributed by atoms with Crippen molar-refractivity contribution in [1.29, 1.82) is 0 Å². The summed E-state index contributed by atoms with van der Waals surface area (Å²) in [5.41, 5.74) is 3.04. The maximum absolute atomic E-state index is 14.5. The third kappa shape index (κ3) is 3.24. The van der Waals surface area contributed by atoms with Gasteiger partial charge < -0.3 is 4.90 Å². The van der Waals surface area contributed by atoms with Crippen molar-refractivity contribution in [2.24, 2.45) is 5.92 Å². The van der Waals surface area contributed by atoms with Crippen LogP contribution in [0.4, 0.5) is 14.6 Å². The average Bonchev–Trinajstić information content (AvgIpc) is 3.33. The molecule has 0 radical (unpaired) electrons. The Morgan fingerprint density at radius 1 is 1.28 bits per heavy atom. The number of H-pyrrole nitrogens is 1. The van der Waals surface area contributed by atoms with Gasteiger partial charge in [-0.15, -0.1) is 0 Å². The summed E-state index contributed by atoms with van der Waals surface area (Å²) in [5, 5.41) is 11.9. The second kappa shape index (κ2) is 7.46. The molecule has 3 heterocycles. The van der Waals surface area contributed by atoms with E-state index in [9.17, 15) is 8.78 Å². The summed E-state index contributed by atoms with van der Waals surface area (Å²) in [6.45, 7) is 11.7. The molecule has 0 saturated carbocycles. The molecule has 0 saturated heterocycles. The maximum atomic E-state index is 14.5. The van der Waals surface area contributed by atoms with Gasteiger partial charge in [0.1, 0.15) is 17.5 Å². The van der Waals surface area contributed by atoms with E-state index in [0.29, 0.717) is 18.2 Å². The van der Waals surface area contributed by atoms with Gasteiger partial charge in [-0.3, -0.25) is 5.10 Å². The highest BCUT2D eigenvalue weighted by molar-refractivity contribution is 5.86. The average molecular weight is 397 g/mol. The number of anilines is 1. The van der Waals surface area contributed by atoms with Crippen molar-refractivity contribution in [2.75, 3.05) is 11.4 Å². The van der Waals surface area contributed by atoms with E-state index < -0.39 is 11.6 Å². The summed E-state index contributed by atoms with van der Waals surface area (Å²) in [4.78, 5) is 1.87. The normalized spacial score (nSPS) is 17.3. The lowest BCUT2D eigenvalue weighted by Crippen LogP contribution is -2.36. The standard InChI is InChI=1S/C22H25F2N5/c1-5-14(3)16-9-25-27-21(16)17-10-26-29-12-13(2)11-28(22(17)29)15(4)20-18(23)7-6-8-19(20)24/h6-10,13-14H,4-5,11-12H2,1-3H3,(H,25,27). The minimum atomic E-state index is -0.623. The molecule has 5 nitrogen and oxygen atoms in total. The van der Waals surface area contributed by atoms with Crippen LogP contribution in [0.25, 0.3) is 17.0 Å². The van der Waals surface area contributed by atoms with E-state index in [4.69, 9.17) is 0 Å². The molecule has 3 aromatic rings. The number of halogens is 2. The predicted octanol–water partition coefficient (Wildman–Crippen LogP) is 5.19. The highest BCUT2D eigenvalue weighted by Gasteiger charge is 2.31. The number of nitrogens with zero attached hydrogens (tertiary/aromatic N) is 4. The molecule has 1 aliphatic rings. The SMILES string of the molecule is C=C(c1c(F)cccc1F)N1CC(C)Cn2ncc(-c3[nH]ncc3C(C)CC)c21. The zero-order chi connectivity index (χ0) is 20.7. The van der Waals surface area contributed by atoms with Crippen LogP contribution in [0, 0.1) is 17.6 Å². The predicted molar refractivity (Wildman–Crippen MR) is 110 cm³/mol. The van der Waals surface area contributed by atoms with Crippen LogP contribution in [0.1, 0.15) is 44.2 Å². The molecule has 7 heteroatoms. The molecule has 0 spiro atoms. The molecule has 0 aliphatic carbocycles. The van der Waals surface area contributed by atoms with Crippen molar-refractivity contribution in [3.63, 3.8) is 0 Å². The fraction of sp³-hybridized carbons (Fsp3) is 0.364. The third-order valence-electron chi connectivity index (χ3n) is 5.70. The van der Waals surface area contributed by atoms with Crippen LogP contribution in [-0.4, -0.2) is 26.5 Å². The first-order valence-electron chi connectivity index (χ1n) is 9.92. The van der Waals surface area contributed by atoms with Crippen LogP contribution in [0.3, 0.4) is 0 Å². The Morgan fingerprint density at radius 2 is 2.00 bits per heavy atom. The molecule has 2 atom stereocenters. The maximum Gasteiger partial charge on any atom is 0.140 e. The Balaban J connectivity index is 1.84. The van der Waals surface area contributed by atoms with Crippen LogP contribution in [0.15, 0.2) is 37.2 Å². The highest BCUT2D eigenvalue weighted by Crippen LogP contribution is 2.41. The zero-order valence-electron chi connectivity index (χ0n) is 16.9. The first kappa shape index (κ1) is 19.4. The Labute approximate surface area is 169 Å². The van der Waals surface area contributed by atoms with Crippen LogP contribution in [-0.2, 0) is 6.54 Å². The minimum absolute atomic E-state index is 0.105. The fourth-order valence-electron chi connectivity index (χ4n) is 3.98. The minimum Gasteiger partial charge on any atom is -0.325 e. The Kier molecular flexibility index (Phi) is 4.98. The lowest BCUT2D eigenvalue weighted by Gasteiger charge is -2.35. The van der Waals surface area contributed by atoms with Gasteiger partial charge in [0.05, 0.1) is 29.2 Å².